The molecule has 18 heavy (non-hydrogen) atoms. The van der Waals surface area contributed by atoms with Gasteiger partial charge in [-0.05, 0) is 38.7 Å². The van der Waals surface area contributed by atoms with Crippen molar-refractivity contribution in [3.63, 3.8) is 0 Å². The lowest BCUT2D eigenvalue weighted by molar-refractivity contribution is 0.281. The van der Waals surface area contributed by atoms with E-state index in [0.29, 0.717) is 12.1 Å². The van der Waals surface area contributed by atoms with Crippen LogP contribution >= 0.6 is 0 Å². The summed E-state index contributed by atoms with van der Waals surface area (Å²) in [6, 6.07) is 2.93. The first-order valence-corrected chi connectivity index (χ1v) is 7.14. The Balaban J connectivity index is 2.57. The van der Waals surface area contributed by atoms with E-state index in [1.807, 2.05) is 19.0 Å². The third-order valence-electron chi connectivity index (χ3n) is 2.33. The van der Waals surface area contributed by atoms with Gasteiger partial charge in [-0.1, -0.05) is 6.07 Å². The molecule has 1 aromatic rings. The zero-order chi connectivity index (χ0) is 13.6. The Morgan fingerprint density at radius 2 is 2.11 bits per heavy atom. The van der Waals surface area contributed by atoms with Gasteiger partial charge < -0.3 is 10.0 Å². The van der Waals surface area contributed by atoms with Crippen molar-refractivity contribution in [1.29, 1.82) is 0 Å². The summed E-state index contributed by atoms with van der Waals surface area (Å²) in [7, 11) is 0.324. The van der Waals surface area contributed by atoms with Crippen LogP contribution in [0.25, 0.3) is 0 Å². The number of aromatic nitrogens is 1. The molecular weight excluding hydrogens is 254 g/mol. The lowest BCUT2D eigenvalue weighted by Gasteiger charge is -2.10. The van der Waals surface area contributed by atoms with Crippen LogP contribution in [-0.4, -0.2) is 50.6 Å². The monoisotopic (exact) mass is 273 g/mol. The molecule has 1 aromatic heterocycles. The van der Waals surface area contributed by atoms with Crippen LogP contribution in [0.15, 0.2) is 23.4 Å². The van der Waals surface area contributed by atoms with E-state index in [4.69, 9.17) is 5.11 Å². The van der Waals surface area contributed by atoms with Gasteiger partial charge in [0.1, 0.15) is 0 Å². The number of aliphatic hydroxyl groups is 1. The minimum absolute atomic E-state index is 0.0236. The van der Waals surface area contributed by atoms with Crippen molar-refractivity contribution in [2.24, 2.45) is 0 Å². The summed E-state index contributed by atoms with van der Waals surface area (Å²) in [4.78, 5) is 5.80. The molecule has 0 aromatic carbocycles. The van der Waals surface area contributed by atoms with E-state index in [1.165, 1.54) is 12.3 Å². The summed E-state index contributed by atoms with van der Waals surface area (Å²) in [6.07, 6.45) is 2.09. The summed E-state index contributed by atoms with van der Waals surface area (Å²) in [5, 5.41) is 8.82. The summed E-state index contributed by atoms with van der Waals surface area (Å²) < 4.78 is 26.1. The van der Waals surface area contributed by atoms with E-state index in [0.717, 1.165) is 13.0 Å². The van der Waals surface area contributed by atoms with E-state index < -0.39 is 10.0 Å². The Morgan fingerprint density at radius 3 is 2.61 bits per heavy atom. The Kier molecular flexibility index (Phi) is 5.67. The van der Waals surface area contributed by atoms with Crippen LogP contribution in [0.5, 0.6) is 0 Å². The lowest BCUT2D eigenvalue weighted by Crippen LogP contribution is -2.27. The van der Waals surface area contributed by atoms with Crippen LogP contribution in [0.4, 0.5) is 0 Å². The minimum atomic E-state index is -3.54. The van der Waals surface area contributed by atoms with Crippen LogP contribution in [0.1, 0.15) is 12.0 Å². The molecule has 102 valence electrons. The fourth-order valence-corrected chi connectivity index (χ4v) is 2.34. The maximum Gasteiger partial charge on any atom is 0.258 e. The number of pyridine rings is 1. The van der Waals surface area contributed by atoms with E-state index >= 15 is 0 Å². The van der Waals surface area contributed by atoms with Crippen molar-refractivity contribution >= 4 is 10.0 Å². The first kappa shape index (κ1) is 15.0. The van der Waals surface area contributed by atoms with Gasteiger partial charge in [0.05, 0.1) is 6.61 Å². The van der Waals surface area contributed by atoms with Crippen molar-refractivity contribution in [1.82, 2.24) is 14.6 Å². The molecule has 7 heteroatoms. The maximum absolute atomic E-state index is 11.8. The molecule has 1 rings (SSSR count). The SMILES string of the molecule is CN(C)CCCNS(=O)(=O)c1ccc(CO)cn1. The number of nitrogens with zero attached hydrogens (tertiary/aromatic N) is 2. The highest BCUT2D eigenvalue weighted by Crippen LogP contribution is 2.06. The Labute approximate surface area is 108 Å². The van der Waals surface area contributed by atoms with Gasteiger partial charge in [-0.15, -0.1) is 0 Å². The molecule has 2 N–H and O–H groups in total. The predicted molar refractivity (Wildman–Crippen MR) is 68.5 cm³/mol. The van der Waals surface area contributed by atoms with Crippen molar-refractivity contribution in [3.05, 3.63) is 23.9 Å². The Hall–Kier alpha value is -1.02. The molecule has 6 nitrogen and oxygen atoms in total. The van der Waals surface area contributed by atoms with Crippen LogP contribution in [0, 0.1) is 0 Å². The number of hydrogen-bond donors (Lipinski definition) is 2. The van der Waals surface area contributed by atoms with Gasteiger partial charge in [0.15, 0.2) is 5.03 Å². The van der Waals surface area contributed by atoms with E-state index in [-0.39, 0.29) is 11.6 Å². The van der Waals surface area contributed by atoms with E-state index in [1.54, 1.807) is 6.07 Å². The van der Waals surface area contributed by atoms with E-state index in [9.17, 15) is 8.42 Å². The molecule has 0 bridgehead atoms. The second kappa shape index (κ2) is 6.79. The molecule has 0 saturated carbocycles. The average molecular weight is 273 g/mol. The van der Waals surface area contributed by atoms with Gasteiger partial charge in [-0.2, -0.15) is 0 Å². The molecule has 0 amide bonds. The summed E-state index contributed by atoms with van der Waals surface area (Å²) >= 11 is 0. The van der Waals surface area contributed by atoms with Crippen LogP contribution < -0.4 is 4.72 Å². The van der Waals surface area contributed by atoms with Crippen molar-refractivity contribution in [3.8, 4) is 0 Å². The normalized spacial score (nSPS) is 12.0. The molecule has 1 heterocycles. The molecule has 0 aliphatic rings. The summed E-state index contributed by atoms with van der Waals surface area (Å²) in [5.41, 5.74) is 0.585. The number of hydrogen-bond acceptors (Lipinski definition) is 5. The molecule has 0 atom stereocenters. The van der Waals surface area contributed by atoms with Gasteiger partial charge in [-0.25, -0.2) is 18.1 Å². The average Bonchev–Trinajstić information content (AvgIpc) is 2.34. The molecule has 0 aliphatic heterocycles. The van der Waals surface area contributed by atoms with Gasteiger partial charge in [0, 0.05) is 12.7 Å². The van der Waals surface area contributed by atoms with Crippen LogP contribution in [-0.2, 0) is 16.6 Å². The molecule has 0 unspecified atom stereocenters. The third-order valence-corrected chi connectivity index (χ3v) is 3.71. The van der Waals surface area contributed by atoms with Crippen molar-refractivity contribution < 1.29 is 13.5 Å². The predicted octanol–water partition coefficient (Wildman–Crippen LogP) is -0.196. The zero-order valence-corrected chi connectivity index (χ0v) is 11.4. The minimum Gasteiger partial charge on any atom is -0.392 e. The molecular formula is C11H19N3O3S. The Bertz CT molecular complexity index is 457. The number of aliphatic hydroxyl groups excluding tert-OH is 1. The van der Waals surface area contributed by atoms with Gasteiger partial charge in [-0.3, -0.25) is 0 Å². The molecule has 0 fully saturated rings. The number of nitrogens with one attached hydrogen (secondary N) is 1. The van der Waals surface area contributed by atoms with Crippen LogP contribution in [0.3, 0.4) is 0 Å². The maximum atomic E-state index is 11.8. The quantitative estimate of drug-likeness (QED) is 0.673. The first-order valence-electron chi connectivity index (χ1n) is 5.66. The van der Waals surface area contributed by atoms with Crippen molar-refractivity contribution in [2.45, 2.75) is 18.1 Å². The standard InChI is InChI=1S/C11H19N3O3S/c1-14(2)7-3-6-13-18(16,17)11-5-4-10(9-15)8-12-11/h4-5,8,13,15H,3,6-7,9H2,1-2H3. The van der Waals surface area contributed by atoms with E-state index in [2.05, 4.69) is 9.71 Å². The summed E-state index contributed by atoms with van der Waals surface area (Å²) in [5.74, 6) is 0. The Morgan fingerprint density at radius 1 is 1.39 bits per heavy atom. The fraction of sp³-hybridized carbons (Fsp3) is 0.545. The number of rotatable bonds is 7. The summed E-state index contributed by atoms with van der Waals surface area (Å²) in [6.45, 7) is 1.05. The highest BCUT2D eigenvalue weighted by molar-refractivity contribution is 7.89. The molecule has 0 aliphatic carbocycles. The first-order chi connectivity index (χ1) is 8.45. The lowest BCUT2D eigenvalue weighted by atomic mass is 10.3. The smallest absolute Gasteiger partial charge is 0.258 e. The van der Waals surface area contributed by atoms with Gasteiger partial charge in [0.2, 0.25) is 0 Å². The second-order valence-corrected chi connectivity index (χ2v) is 5.93. The second-order valence-electron chi connectivity index (χ2n) is 4.22. The fourth-order valence-electron chi connectivity index (χ4n) is 1.34. The molecule has 0 radical (unpaired) electrons. The third kappa shape index (κ3) is 4.69. The highest BCUT2D eigenvalue weighted by atomic mass is 32.2. The number of sulfonamides is 1. The van der Waals surface area contributed by atoms with Gasteiger partial charge >= 0.3 is 0 Å². The van der Waals surface area contributed by atoms with Crippen LogP contribution in [0.2, 0.25) is 0 Å². The zero-order valence-electron chi connectivity index (χ0n) is 10.6. The molecule has 0 spiro atoms. The highest BCUT2D eigenvalue weighted by Gasteiger charge is 2.14. The topological polar surface area (TPSA) is 82.5 Å². The molecule has 0 saturated heterocycles. The van der Waals surface area contributed by atoms with Gasteiger partial charge in [0.25, 0.3) is 10.0 Å². The van der Waals surface area contributed by atoms with Crippen molar-refractivity contribution in [2.75, 3.05) is 27.2 Å². The largest absolute Gasteiger partial charge is 0.392 e.